The monoisotopic (exact) mass is 339 g/mol. The van der Waals surface area contributed by atoms with Gasteiger partial charge in [-0.05, 0) is 24.3 Å². The minimum absolute atomic E-state index is 0.00889. The van der Waals surface area contributed by atoms with E-state index in [0.717, 1.165) is 9.79 Å². The Labute approximate surface area is 138 Å². The van der Waals surface area contributed by atoms with Gasteiger partial charge in [-0.2, -0.15) is 4.98 Å². The topological polar surface area (TPSA) is 101 Å². The fraction of sp³-hybridized carbons (Fsp3) is 0.286. The molecule has 118 valence electrons. The van der Waals surface area contributed by atoms with Crippen LogP contribution in [-0.4, -0.2) is 41.3 Å². The molecule has 8 heteroatoms. The SMILES string of the molecule is NCCN(CCO)c1nc(N)ncc1Sc1ccc(Cl)cc1. The number of nitrogens with zero attached hydrogens (tertiary/aromatic N) is 3. The molecule has 6 nitrogen and oxygen atoms in total. The summed E-state index contributed by atoms with van der Waals surface area (Å²) in [6.07, 6.45) is 1.68. The Kier molecular flexibility index (Phi) is 6.26. The zero-order valence-corrected chi connectivity index (χ0v) is 13.5. The molecule has 0 aliphatic rings. The van der Waals surface area contributed by atoms with Crippen LogP contribution in [0.3, 0.4) is 0 Å². The van der Waals surface area contributed by atoms with E-state index < -0.39 is 0 Å². The van der Waals surface area contributed by atoms with Crippen molar-refractivity contribution < 1.29 is 5.11 Å². The maximum atomic E-state index is 9.23. The van der Waals surface area contributed by atoms with E-state index >= 15 is 0 Å². The molecule has 2 rings (SSSR count). The van der Waals surface area contributed by atoms with Gasteiger partial charge in [0.25, 0.3) is 0 Å². The number of halogens is 1. The summed E-state index contributed by atoms with van der Waals surface area (Å²) in [5.41, 5.74) is 11.3. The highest BCUT2D eigenvalue weighted by molar-refractivity contribution is 7.99. The lowest BCUT2D eigenvalue weighted by Crippen LogP contribution is -2.33. The van der Waals surface area contributed by atoms with Crippen molar-refractivity contribution in [1.82, 2.24) is 9.97 Å². The van der Waals surface area contributed by atoms with E-state index in [1.54, 1.807) is 6.20 Å². The number of hydrogen-bond acceptors (Lipinski definition) is 7. The fourth-order valence-electron chi connectivity index (χ4n) is 1.90. The van der Waals surface area contributed by atoms with E-state index in [4.69, 9.17) is 23.1 Å². The molecule has 0 fully saturated rings. The summed E-state index contributed by atoms with van der Waals surface area (Å²) in [4.78, 5) is 12.1. The van der Waals surface area contributed by atoms with Crippen molar-refractivity contribution in [3.05, 3.63) is 35.5 Å². The molecule has 1 aromatic heterocycles. The molecular formula is C14H18ClN5OS. The normalized spacial score (nSPS) is 10.7. The van der Waals surface area contributed by atoms with Crippen LogP contribution in [-0.2, 0) is 0 Å². The number of anilines is 2. The molecule has 22 heavy (non-hydrogen) atoms. The molecule has 0 atom stereocenters. The van der Waals surface area contributed by atoms with Crippen molar-refractivity contribution in [2.45, 2.75) is 9.79 Å². The van der Waals surface area contributed by atoms with E-state index in [2.05, 4.69) is 9.97 Å². The van der Waals surface area contributed by atoms with Crippen LogP contribution in [0.4, 0.5) is 11.8 Å². The van der Waals surface area contributed by atoms with Crippen LogP contribution in [0, 0.1) is 0 Å². The third-order valence-corrected chi connectivity index (χ3v) is 4.13. The quantitative estimate of drug-likeness (QED) is 0.704. The zero-order chi connectivity index (χ0) is 15.9. The van der Waals surface area contributed by atoms with Crippen LogP contribution < -0.4 is 16.4 Å². The van der Waals surface area contributed by atoms with Crippen molar-refractivity contribution >= 4 is 35.1 Å². The molecule has 1 aromatic carbocycles. The molecule has 0 aliphatic heterocycles. The van der Waals surface area contributed by atoms with E-state index in [-0.39, 0.29) is 12.6 Å². The summed E-state index contributed by atoms with van der Waals surface area (Å²) in [6.45, 7) is 1.47. The highest BCUT2D eigenvalue weighted by Crippen LogP contribution is 2.34. The lowest BCUT2D eigenvalue weighted by Gasteiger charge is -2.24. The highest BCUT2D eigenvalue weighted by Gasteiger charge is 2.15. The Hall–Kier alpha value is -1.54. The molecule has 0 aliphatic carbocycles. The van der Waals surface area contributed by atoms with Gasteiger partial charge in [-0.25, -0.2) is 4.98 Å². The molecule has 0 amide bonds. The maximum Gasteiger partial charge on any atom is 0.222 e. The van der Waals surface area contributed by atoms with Gasteiger partial charge in [0.05, 0.1) is 11.5 Å². The molecule has 0 saturated heterocycles. The lowest BCUT2D eigenvalue weighted by molar-refractivity contribution is 0.301. The summed E-state index contributed by atoms with van der Waals surface area (Å²) in [7, 11) is 0. The number of aliphatic hydroxyl groups excluding tert-OH is 1. The largest absolute Gasteiger partial charge is 0.395 e. The molecule has 0 spiro atoms. The molecule has 0 radical (unpaired) electrons. The lowest BCUT2D eigenvalue weighted by atomic mass is 10.4. The maximum absolute atomic E-state index is 9.23. The second-order valence-corrected chi connectivity index (χ2v) is 6.02. The molecule has 1 heterocycles. The number of nitrogens with two attached hydrogens (primary N) is 2. The first-order valence-corrected chi connectivity index (χ1v) is 7.95. The van der Waals surface area contributed by atoms with Gasteiger partial charge in [0.1, 0.15) is 5.82 Å². The Balaban J connectivity index is 2.31. The van der Waals surface area contributed by atoms with E-state index in [0.29, 0.717) is 30.5 Å². The molecule has 2 aromatic rings. The molecule has 5 N–H and O–H groups in total. The molecular weight excluding hydrogens is 322 g/mol. The summed E-state index contributed by atoms with van der Waals surface area (Å²) >= 11 is 7.41. The van der Waals surface area contributed by atoms with Crippen LogP contribution in [0.1, 0.15) is 0 Å². The number of nitrogen functional groups attached to an aromatic ring is 1. The Morgan fingerprint density at radius 2 is 1.95 bits per heavy atom. The average Bonchev–Trinajstić information content (AvgIpc) is 2.51. The first-order chi connectivity index (χ1) is 10.6. The predicted octanol–water partition coefficient (Wildman–Crippen LogP) is 1.62. The number of rotatable bonds is 7. The van der Waals surface area contributed by atoms with Crippen molar-refractivity contribution in [3.63, 3.8) is 0 Å². The molecule has 0 bridgehead atoms. The summed E-state index contributed by atoms with van der Waals surface area (Å²) in [5, 5.41) is 9.91. The highest BCUT2D eigenvalue weighted by atomic mass is 35.5. The van der Waals surface area contributed by atoms with Crippen LogP contribution in [0.25, 0.3) is 0 Å². The van der Waals surface area contributed by atoms with Gasteiger partial charge in [-0.3, -0.25) is 0 Å². The minimum Gasteiger partial charge on any atom is -0.395 e. The number of hydrogen-bond donors (Lipinski definition) is 3. The van der Waals surface area contributed by atoms with Crippen molar-refractivity contribution in [3.8, 4) is 0 Å². The van der Waals surface area contributed by atoms with Crippen LogP contribution in [0.15, 0.2) is 40.3 Å². The molecule has 0 unspecified atom stereocenters. The van der Waals surface area contributed by atoms with Gasteiger partial charge in [0.15, 0.2) is 0 Å². The van der Waals surface area contributed by atoms with Gasteiger partial charge >= 0.3 is 0 Å². The van der Waals surface area contributed by atoms with Gasteiger partial charge < -0.3 is 21.5 Å². The van der Waals surface area contributed by atoms with Crippen LogP contribution >= 0.6 is 23.4 Å². The number of aromatic nitrogens is 2. The number of benzene rings is 1. The Morgan fingerprint density at radius 1 is 1.23 bits per heavy atom. The third-order valence-electron chi connectivity index (χ3n) is 2.86. The van der Waals surface area contributed by atoms with Crippen molar-refractivity contribution in [2.24, 2.45) is 5.73 Å². The third kappa shape index (κ3) is 4.48. The minimum atomic E-state index is 0.00889. The first-order valence-electron chi connectivity index (χ1n) is 6.76. The van der Waals surface area contributed by atoms with Crippen LogP contribution in [0.5, 0.6) is 0 Å². The van der Waals surface area contributed by atoms with Gasteiger partial charge in [-0.1, -0.05) is 23.4 Å². The Morgan fingerprint density at radius 3 is 2.59 bits per heavy atom. The average molecular weight is 340 g/mol. The van der Waals surface area contributed by atoms with E-state index in [1.165, 1.54) is 11.8 Å². The fourth-order valence-corrected chi connectivity index (χ4v) is 2.93. The summed E-state index contributed by atoms with van der Waals surface area (Å²) in [5.74, 6) is 0.863. The second kappa shape index (κ2) is 8.19. The van der Waals surface area contributed by atoms with Gasteiger partial charge in [-0.15, -0.1) is 0 Å². The molecule has 0 saturated carbocycles. The predicted molar refractivity (Wildman–Crippen MR) is 90.4 cm³/mol. The Bertz CT molecular complexity index is 605. The van der Waals surface area contributed by atoms with E-state index in [9.17, 15) is 5.11 Å². The van der Waals surface area contributed by atoms with Gasteiger partial charge in [0.2, 0.25) is 5.95 Å². The van der Waals surface area contributed by atoms with Crippen molar-refractivity contribution in [2.75, 3.05) is 36.9 Å². The van der Waals surface area contributed by atoms with E-state index in [1.807, 2.05) is 29.2 Å². The summed E-state index contributed by atoms with van der Waals surface area (Å²) in [6, 6.07) is 7.50. The smallest absolute Gasteiger partial charge is 0.222 e. The zero-order valence-electron chi connectivity index (χ0n) is 11.9. The van der Waals surface area contributed by atoms with Gasteiger partial charge in [0, 0.05) is 35.7 Å². The summed E-state index contributed by atoms with van der Waals surface area (Å²) < 4.78 is 0. The number of aliphatic hydroxyl groups is 1. The van der Waals surface area contributed by atoms with Crippen molar-refractivity contribution in [1.29, 1.82) is 0 Å². The van der Waals surface area contributed by atoms with Crippen LogP contribution in [0.2, 0.25) is 5.02 Å². The standard InChI is InChI=1S/C14H18ClN5OS/c15-10-1-3-11(4-2-10)22-12-9-18-14(17)19-13(12)20(6-5-16)7-8-21/h1-4,9,21H,5-8,16H2,(H2,17,18,19). The first kappa shape index (κ1) is 16.8. The second-order valence-electron chi connectivity index (χ2n) is 4.47.